The van der Waals surface area contributed by atoms with Gasteiger partial charge in [-0.2, -0.15) is 0 Å². The number of pyridine rings is 1. The van der Waals surface area contributed by atoms with Crippen molar-refractivity contribution in [2.45, 2.75) is 25.9 Å². The Balaban J connectivity index is 2.17. The molecule has 0 bridgehead atoms. The van der Waals surface area contributed by atoms with Gasteiger partial charge in [-0.15, -0.1) is 0 Å². The van der Waals surface area contributed by atoms with E-state index < -0.39 is 15.9 Å². The summed E-state index contributed by atoms with van der Waals surface area (Å²) in [6.45, 7) is 1.64. The van der Waals surface area contributed by atoms with E-state index in [1.165, 1.54) is 0 Å². The average molecular weight is 372 g/mol. The van der Waals surface area contributed by atoms with Gasteiger partial charge in [0.25, 0.3) is 0 Å². The Hall–Kier alpha value is -0.980. The van der Waals surface area contributed by atoms with Crippen molar-refractivity contribution >= 4 is 36.7 Å². The number of halogens is 1. The smallest absolute Gasteiger partial charge is 0.150 e. The van der Waals surface area contributed by atoms with E-state index in [0.29, 0.717) is 12.8 Å². The first-order valence-corrected chi connectivity index (χ1v) is 9.47. The fourth-order valence-electron chi connectivity index (χ4n) is 2.23. The standard InChI is InChI=1S/C15H18BrNO3S/c1-2-21(19,20)10-4-6-14(18)12-7-8-13(16)11-5-3-9-17-15(11)12/h3,5,7-9,14,18H,2,4,6,10H2,1H3. The van der Waals surface area contributed by atoms with Gasteiger partial charge in [-0.3, -0.25) is 4.98 Å². The first-order chi connectivity index (χ1) is 9.94. The van der Waals surface area contributed by atoms with Gasteiger partial charge in [0.2, 0.25) is 0 Å². The van der Waals surface area contributed by atoms with Crippen LogP contribution in [0, 0.1) is 0 Å². The first kappa shape index (κ1) is 16.4. The van der Waals surface area contributed by atoms with Crippen LogP contribution in [0.3, 0.4) is 0 Å². The molecule has 0 amide bonds. The van der Waals surface area contributed by atoms with E-state index >= 15 is 0 Å². The van der Waals surface area contributed by atoms with Crippen LogP contribution in [-0.4, -0.2) is 30.0 Å². The average Bonchev–Trinajstić information content (AvgIpc) is 2.47. The minimum absolute atomic E-state index is 0.114. The van der Waals surface area contributed by atoms with Gasteiger partial charge in [0.15, 0.2) is 0 Å². The number of nitrogens with zero attached hydrogens (tertiary/aromatic N) is 1. The summed E-state index contributed by atoms with van der Waals surface area (Å²) in [6.07, 6.45) is 1.84. The lowest BCUT2D eigenvalue weighted by atomic mass is 10.0. The number of fused-ring (bicyclic) bond motifs is 1. The number of aliphatic hydroxyl groups is 1. The van der Waals surface area contributed by atoms with Crippen LogP contribution in [0.2, 0.25) is 0 Å². The van der Waals surface area contributed by atoms with E-state index in [0.717, 1.165) is 20.9 Å². The van der Waals surface area contributed by atoms with Crippen LogP contribution in [0.5, 0.6) is 0 Å². The Kier molecular flexibility index (Phi) is 5.35. The molecule has 2 rings (SSSR count). The Morgan fingerprint density at radius 3 is 2.81 bits per heavy atom. The second kappa shape index (κ2) is 6.85. The monoisotopic (exact) mass is 371 g/mol. The lowest BCUT2D eigenvalue weighted by Crippen LogP contribution is -2.10. The molecular formula is C15H18BrNO3S. The third-order valence-electron chi connectivity index (χ3n) is 3.48. The molecule has 0 aliphatic rings. The maximum atomic E-state index is 11.5. The van der Waals surface area contributed by atoms with Crippen LogP contribution in [0.1, 0.15) is 31.4 Å². The highest BCUT2D eigenvalue weighted by atomic mass is 79.9. The molecule has 1 aromatic heterocycles. The predicted octanol–water partition coefficient (Wildman–Crippen LogP) is 3.25. The van der Waals surface area contributed by atoms with Crippen molar-refractivity contribution in [1.29, 1.82) is 0 Å². The second-order valence-corrected chi connectivity index (χ2v) is 8.26. The molecule has 0 aliphatic carbocycles. The van der Waals surface area contributed by atoms with Gasteiger partial charge in [0, 0.05) is 27.4 Å². The quantitative estimate of drug-likeness (QED) is 0.845. The number of hydrogen-bond donors (Lipinski definition) is 1. The van der Waals surface area contributed by atoms with E-state index in [9.17, 15) is 13.5 Å². The maximum Gasteiger partial charge on any atom is 0.150 e. The predicted molar refractivity (Wildman–Crippen MR) is 88.0 cm³/mol. The van der Waals surface area contributed by atoms with E-state index in [1.54, 1.807) is 13.1 Å². The zero-order valence-corrected chi connectivity index (χ0v) is 14.2. The van der Waals surface area contributed by atoms with Gasteiger partial charge in [-0.1, -0.05) is 35.0 Å². The zero-order valence-electron chi connectivity index (χ0n) is 11.8. The van der Waals surface area contributed by atoms with Crippen molar-refractivity contribution in [3.8, 4) is 0 Å². The first-order valence-electron chi connectivity index (χ1n) is 6.86. The van der Waals surface area contributed by atoms with Gasteiger partial charge in [0.05, 0.1) is 17.4 Å². The highest BCUT2D eigenvalue weighted by Crippen LogP contribution is 2.30. The summed E-state index contributed by atoms with van der Waals surface area (Å²) in [5.41, 5.74) is 1.49. The van der Waals surface area contributed by atoms with Crippen molar-refractivity contribution in [1.82, 2.24) is 4.98 Å². The molecule has 0 spiro atoms. The molecular weight excluding hydrogens is 354 g/mol. The van der Waals surface area contributed by atoms with Crippen LogP contribution in [-0.2, 0) is 9.84 Å². The third-order valence-corrected chi connectivity index (χ3v) is 5.96. The van der Waals surface area contributed by atoms with Gasteiger partial charge < -0.3 is 5.11 Å². The number of aromatic nitrogens is 1. The summed E-state index contributed by atoms with van der Waals surface area (Å²) in [5.74, 6) is 0.258. The molecule has 6 heteroatoms. The van der Waals surface area contributed by atoms with Gasteiger partial charge in [0.1, 0.15) is 9.84 Å². The molecule has 0 fully saturated rings. The SMILES string of the molecule is CCS(=O)(=O)CCCC(O)c1ccc(Br)c2cccnc12. The van der Waals surface area contributed by atoms with Crippen molar-refractivity contribution < 1.29 is 13.5 Å². The topological polar surface area (TPSA) is 67.3 Å². The summed E-state index contributed by atoms with van der Waals surface area (Å²) in [6, 6.07) is 7.49. The third kappa shape index (κ3) is 4.02. The zero-order chi connectivity index (χ0) is 15.5. The van der Waals surface area contributed by atoms with Gasteiger partial charge in [-0.25, -0.2) is 8.42 Å². The number of sulfone groups is 1. The fraction of sp³-hybridized carbons (Fsp3) is 0.400. The lowest BCUT2D eigenvalue weighted by molar-refractivity contribution is 0.168. The molecule has 0 saturated heterocycles. The maximum absolute atomic E-state index is 11.5. The van der Waals surface area contributed by atoms with Crippen LogP contribution < -0.4 is 0 Å². The van der Waals surface area contributed by atoms with Crippen LogP contribution in [0.25, 0.3) is 10.9 Å². The molecule has 1 heterocycles. The normalized spacial score (nSPS) is 13.5. The summed E-state index contributed by atoms with van der Waals surface area (Å²) < 4.78 is 23.9. The van der Waals surface area contributed by atoms with E-state index in [1.807, 2.05) is 24.3 Å². The summed E-state index contributed by atoms with van der Waals surface area (Å²) >= 11 is 3.47. The van der Waals surface area contributed by atoms with E-state index in [-0.39, 0.29) is 11.5 Å². The van der Waals surface area contributed by atoms with E-state index in [2.05, 4.69) is 20.9 Å². The highest BCUT2D eigenvalue weighted by Gasteiger charge is 2.15. The fourth-order valence-corrected chi connectivity index (χ4v) is 3.57. The Morgan fingerprint density at radius 2 is 2.10 bits per heavy atom. The van der Waals surface area contributed by atoms with Gasteiger partial charge >= 0.3 is 0 Å². The second-order valence-electron chi connectivity index (χ2n) is 4.93. The molecule has 0 saturated carbocycles. The largest absolute Gasteiger partial charge is 0.388 e. The summed E-state index contributed by atoms with van der Waals surface area (Å²) in [4.78, 5) is 4.33. The Labute approximate surface area is 133 Å². The Morgan fingerprint density at radius 1 is 1.33 bits per heavy atom. The van der Waals surface area contributed by atoms with Crippen LogP contribution in [0.4, 0.5) is 0 Å². The van der Waals surface area contributed by atoms with E-state index in [4.69, 9.17) is 0 Å². The van der Waals surface area contributed by atoms with Crippen molar-refractivity contribution in [3.63, 3.8) is 0 Å². The molecule has 114 valence electrons. The minimum Gasteiger partial charge on any atom is -0.388 e. The number of aliphatic hydroxyl groups excluding tert-OH is 1. The van der Waals surface area contributed by atoms with Crippen molar-refractivity contribution in [2.75, 3.05) is 11.5 Å². The van der Waals surface area contributed by atoms with Crippen molar-refractivity contribution in [2.24, 2.45) is 0 Å². The molecule has 1 atom stereocenters. The molecule has 2 aromatic rings. The summed E-state index contributed by atoms with van der Waals surface area (Å²) in [7, 11) is -2.98. The highest BCUT2D eigenvalue weighted by molar-refractivity contribution is 9.10. The lowest BCUT2D eigenvalue weighted by Gasteiger charge is -2.13. The molecule has 1 N–H and O–H groups in total. The molecule has 1 aromatic carbocycles. The number of rotatable bonds is 6. The molecule has 0 aliphatic heterocycles. The molecule has 21 heavy (non-hydrogen) atoms. The molecule has 4 nitrogen and oxygen atoms in total. The number of hydrogen-bond acceptors (Lipinski definition) is 4. The molecule has 0 radical (unpaired) electrons. The molecule has 1 unspecified atom stereocenters. The number of benzene rings is 1. The van der Waals surface area contributed by atoms with Crippen LogP contribution in [0.15, 0.2) is 34.9 Å². The minimum atomic E-state index is -2.98. The van der Waals surface area contributed by atoms with Gasteiger partial charge in [-0.05, 0) is 25.0 Å². The Bertz CT molecular complexity index is 731. The van der Waals surface area contributed by atoms with Crippen molar-refractivity contribution in [3.05, 3.63) is 40.5 Å². The van der Waals surface area contributed by atoms with Crippen LogP contribution >= 0.6 is 15.9 Å². The summed E-state index contributed by atoms with van der Waals surface area (Å²) in [5, 5.41) is 11.3.